The number of carboxylic acid groups (broad SMARTS) is 1. The minimum atomic E-state index is -0.814. The molecular weight excluding hydrogens is 284 g/mol. The maximum absolute atomic E-state index is 12.5. The third kappa shape index (κ3) is 2.59. The number of aliphatic carboxylic acids is 1. The standard InChI is InChI=1S/C16H16N2O4/c19-14-12-4-2-1-3-11(12)9-13(17-14)15(20)18-7-5-10(6-8-18)16(21)22/h1-4,9-10H,5-8H2,(H,17,19)(H,21,22). The summed E-state index contributed by atoms with van der Waals surface area (Å²) in [7, 11) is 0. The molecule has 22 heavy (non-hydrogen) atoms. The summed E-state index contributed by atoms with van der Waals surface area (Å²) in [6.45, 7) is 0.787. The molecule has 6 heteroatoms. The zero-order valence-corrected chi connectivity index (χ0v) is 11.9. The summed E-state index contributed by atoms with van der Waals surface area (Å²) in [5, 5.41) is 10.2. The van der Waals surface area contributed by atoms with Crippen molar-refractivity contribution in [2.24, 2.45) is 5.92 Å². The molecule has 2 aromatic rings. The van der Waals surface area contributed by atoms with Crippen LogP contribution in [0.2, 0.25) is 0 Å². The Labute approximate surface area is 126 Å². The molecule has 0 bridgehead atoms. The van der Waals surface area contributed by atoms with E-state index in [0.29, 0.717) is 31.3 Å². The minimum absolute atomic E-state index is 0.248. The van der Waals surface area contributed by atoms with Crippen molar-refractivity contribution in [3.8, 4) is 0 Å². The number of fused-ring (bicyclic) bond motifs is 1. The van der Waals surface area contributed by atoms with Gasteiger partial charge in [-0.05, 0) is 30.4 Å². The first-order valence-electron chi connectivity index (χ1n) is 7.20. The number of aromatic amines is 1. The zero-order valence-electron chi connectivity index (χ0n) is 11.9. The number of hydrogen-bond donors (Lipinski definition) is 2. The van der Waals surface area contributed by atoms with Crippen LogP contribution in [0, 0.1) is 5.92 Å². The Hall–Kier alpha value is -2.63. The fraction of sp³-hybridized carbons (Fsp3) is 0.312. The molecule has 1 aliphatic rings. The van der Waals surface area contributed by atoms with Crippen molar-refractivity contribution >= 4 is 22.6 Å². The fourth-order valence-electron chi connectivity index (χ4n) is 2.83. The van der Waals surface area contributed by atoms with E-state index in [1.807, 2.05) is 6.07 Å². The van der Waals surface area contributed by atoms with Crippen LogP contribution in [-0.4, -0.2) is 40.0 Å². The normalized spacial score (nSPS) is 15.9. The Bertz CT molecular complexity index is 788. The average molecular weight is 300 g/mol. The van der Waals surface area contributed by atoms with Gasteiger partial charge in [0.2, 0.25) is 0 Å². The number of rotatable bonds is 2. The lowest BCUT2D eigenvalue weighted by Gasteiger charge is -2.30. The smallest absolute Gasteiger partial charge is 0.306 e. The number of amides is 1. The van der Waals surface area contributed by atoms with Crippen molar-refractivity contribution in [3.63, 3.8) is 0 Å². The molecule has 0 unspecified atom stereocenters. The summed E-state index contributed by atoms with van der Waals surface area (Å²) in [6.07, 6.45) is 0.887. The number of nitrogens with one attached hydrogen (secondary N) is 1. The maximum Gasteiger partial charge on any atom is 0.306 e. The first-order valence-corrected chi connectivity index (χ1v) is 7.20. The van der Waals surface area contributed by atoms with E-state index in [1.165, 1.54) is 0 Å². The summed E-state index contributed by atoms with van der Waals surface area (Å²) >= 11 is 0. The van der Waals surface area contributed by atoms with E-state index in [9.17, 15) is 14.4 Å². The highest BCUT2D eigenvalue weighted by Gasteiger charge is 2.27. The maximum atomic E-state index is 12.5. The van der Waals surface area contributed by atoms with E-state index < -0.39 is 5.97 Å². The molecule has 114 valence electrons. The molecule has 0 saturated carbocycles. The highest BCUT2D eigenvalue weighted by atomic mass is 16.4. The van der Waals surface area contributed by atoms with Gasteiger partial charge in [0.05, 0.1) is 5.92 Å². The predicted octanol–water partition coefficient (Wildman–Crippen LogP) is 1.46. The third-order valence-electron chi connectivity index (χ3n) is 4.12. The lowest BCUT2D eigenvalue weighted by atomic mass is 9.97. The largest absolute Gasteiger partial charge is 0.481 e. The van der Waals surface area contributed by atoms with Crippen LogP contribution in [0.1, 0.15) is 23.3 Å². The van der Waals surface area contributed by atoms with Crippen LogP contribution in [0.4, 0.5) is 0 Å². The first kappa shape index (κ1) is 14.3. The molecule has 0 aliphatic carbocycles. The van der Waals surface area contributed by atoms with E-state index >= 15 is 0 Å². The van der Waals surface area contributed by atoms with Crippen molar-refractivity contribution in [2.75, 3.05) is 13.1 Å². The zero-order chi connectivity index (χ0) is 15.7. The van der Waals surface area contributed by atoms with Gasteiger partial charge in [-0.3, -0.25) is 14.4 Å². The Balaban J connectivity index is 1.84. The minimum Gasteiger partial charge on any atom is -0.481 e. The molecule has 0 atom stereocenters. The second-order valence-corrected chi connectivity index (χ2v) is 5.50. The molecule has 1 fully saturated rings. The second kappa shape index (κ2) is 5.63. The Morgan fingerprint density at radius 3 is 2.55 bits per heavy atom. The van der Waals surface area contributed by atoms with Crippen molar-refractivity contribution in [1.29, 1.82) is 0 Å². The van der Waals surface area contributed by atoms with E-state index in [2.05, 4.69) is 4.98 Å². The fourth-order valence-corrected chi connectivity index (χ4v) is 2.83. The number of H-pyrrole nitrogens is 1. The van der Waals surface area contributed by atoms with Gasteiger partial charge in [0, 0.05) is 18.5 Å². The number of nitrogens with zero attached hydrogens (tertiary/aromatic N) is 1. The highest BCUT2D eigenvalue weighted by molar-refractivity contribution is 5.96. The van der Waals surface area contributed by atoms with Gasteiger partial charge in [0.1, 0.15) is 5.69 Å². The number of carbonyl (C=O) groups is 2. The summed E-state index contributed by atoms with van der Waals surface area (Å²) in [5.74, 6) is -1.46. The van der Waals surface area contributed by atoms with Gasteiger partial charge < -0.3 is 15.0 Å². The monoisotopic (exact) mass is 300 g/mol. The molecule has 1 aromatic carbocycles. The van der Waals surface area contributed by atoms with E-state index in [0.717, 1.165) is 5.39 Å². The number of pyridine rings is 1. The van der Waals surface area contributed by atoms with Crippen LogP contribution in [-0.2, 0) is 4.79 Å². The second-order valence-electron chi connectivity index (χ2n) is 5.50. The highest BCUT2D eigenvalue weighted by Crippen LogP contribution is 2.19. The lowest BCUT2D eigenvalue weighted by molar-refractivity contribution is -0.143. The molecule has 1 amide bonds. The van der Waals surface area contributed by atoms with Gasteiger partial charge in [0.15, 0.2) is 0 Å². The number of carbonyl (C=O) groups excluding carboxylic acids is 1. The average Bonchev–Trinajstić information content (AvgIpc) is 2.54. The van der Waals surface area contributed by atoms with Crippen LogP contribution in [0.15, 0.2) is 35.1 Å². The summed E-state index contributed by atoms with van der Waals surface area (Å²) in [5.41, 5.74) is -0.0423. The van der Waals surface area contributed by atoms with E-state index in [-0.39, 0.29) is 23.1 Å². The van der Waals surface area contributed by atoms with Crippen LogP contribution < -0.4 is 5.56 Å². The predicted molar refractivity (Wildman–Crippen MR) is 80.8 cm³/mol. The van der Waals surface area contributed by atoms with Crippen LogP contribution in [0.5, 0.6) is 0 Å². The Morgan fingerprint density at radius 1 is 1.18 bits per heavy atom. The van der Waals surface area contributed by atoms with Crippen molar-refractivity contribution < 1.29 is 14.7 Å². The summed E-state index contributed by atoms with van der Waals surface area (Å²) in [4.78, 5) is 39.7. The molecule has 2 heterocycles. The van der Waals surface area contributed by atoms with E-state index in [4.69, 9.17) is 5.11 Å². The summed E-state index contributed by atoms with van der Waals surface area (Å²) < 4.78 is 0. The molecule has 1 aromatic heterocycles. The summed E-state index contributed by atoms with van der Waals surface area (Å²) in [6, 6.07) is 8.76. The molecule has 3 rings (SSSR count). The van der Waals surface area contributed by atoms with Gasteiger partial charge in [-0.2, -0.15) is 0 Å². The van der Waals surface area contributed by atoms with Gasteiger partial charge in [-0.25, -0.2) is 0 Å². The van der Waals surface area contributed by atoms with Crippen molar-refractivity contribution in [1.82, 2.24) is 9.88 Å². The van der Waals surface area contributed by atoms with Crippen LogP contribution in [0.3, 0.4) is 0 Å². The van der Waals surface area contributed by atoms with Gasteiger partial charge in [0.25, 0.3) is 11.5 Å². The molecule has 0 spiro atoms. The Kier molecular flexibility index (Phi) is 3.66. The molecule has 2 N–H and O–H groups in total. The third-order valence-corrected chi connectivity index (χ3v) is 4.12. The molecule has 1 aliphatic heterocycles. The topological polar surface area (TPSA) is 90.5 Å². The lowest BCUT2D eigenvalue weighted by Crippen LogP contribution is -2.41. The number of carboxylic acids is 1. The van der Waals surface area contributed by atoms with E-state index in [1.54, 1.807) is 29.2 Å². The Morgan fingerprint density at radius 2 is 1.86 bits per heavy atom. The quantitative estimate of drug-likeness (QED) is 0.878. The number of likely N-dealkylation sites (tertiary alicyclic amines) is 1. The number of benzene rings is 1. The molecule has 0 radical (unpaired) electrons. The van der Waals surface area contributed by atoms with Crippen LogP contribution in [0.25, 0.3) is 10.8 Å². The number of piperidine rings is 1. The SMILES string of the molecule is O=C(O)C1CCN(C(=O)c2cc3ccccc3c(=O)[nH]2)CC1. The van der Waals surface area contributed by atoms with Gasteiger partial charge in [-0.15, -0.1) is 0 Å². The molecular formula is C16H16N2O4. The molecule has 6 nitrogen and oxygen atoms in total. The van der Waals surface area contributed by atoms with Gasteiger partial charge in [-0.1, -0.05) is 18.2 Å². The van der Waals surface area contributed by atoms with Crippen LogP contribution >= 0.6 is 0 Å². The van der Waals surface area contributed by atoms with Crippen molar-refractivity contribution in [2.45, 2.75) is 12.8 Å². The van der Waals surface area contributed by atoms with Crippen molar-refractivity contribution in [3.05, 3.63) is 46.4 Å². The first-order chi connectivity index (χ1) is 10.6. The van der Waals surface area contributed by atoms with Gasteiger partial charge >= 0.3 is 5.97 Å². The number of aromatic nitrogens is 1. The molecule has 1 saturated heterocycles. The number of hydrogen-bond acceptors (Lipinski definition) is 3.